The van der Waals surface area contributed by atoms with Crippen molar-refractivity contribution in [1.82, 2.24) is 4.31 Å². The number of Topliss-reactive ketones (excluding diaryl/α,β-unsaturated/α-hetero) is 1. The molecule has 0 atom stereocenters. The molecule has 0 bridgehead atoms. The van der Waals surface area contributed by atoms with Gasteiger partial charge in [-0.05, 0) is 56.5 Å². The highest BCUT2D eigenvalue weighted by Crippen LogP contribution is 2.27. The van der Waals surface area contributed by atoms with Gasteiger partial charge < -0.3 is 0 Å². The summed E-state index contributed by atoms with van der Waals surface area (Å²) in [6.07, 6.45) is 3.64. The summed E-state index contributed by atoms with van der Waals surface area (Å²) in [7, 11) is -7.71. The Balaban J connectivity index is 1.93. The van der Waals surface area contributed by atoms with Crippen LogP contribution < -0.4 is 4.72 Å². The van der Waals surface area contributed by atoms with Crippen LogP contribution in [0.3, 0.4) is 0 Å². The number of nitrogens with zero attached hydrogens (tertiary/aromatic N) is 1. The SMILES string of the molecule is CC(=O)c1cccc(S(=O)(=O)Nc2ccc(C)c(S(=O)(=O)N3CCCCCC3)c2)c1. The van der Waals surface area contributed by atoms with Crippen molar-refractivity contribution in [2.75, 3.05) is 17.8 Å². The second kappa shape index (κ2) is 8.87. The van der Waals surface area contributed by atoms with E-state index in [1.165, 1.54) is 41.6 Å². The molecule has 0 amide bonds. The van der Waals surface area contributed by atoms with Gasteiger partial charge in [0.05, 0.1) is 15.5 Å². The van der Waals surface area contributed by atoms with Gasteiger partial charge in [-0.15, -0.1) is 0 Å². The fourth-order valence-corrected chi connectivity index (χ4v) is 6.32. The number of rotatable bonds is 6. The molecule has 0 saturated carbocycles. The van der Waals surface area contributed by atoms with Crippen LogP contribution >= 0.6 is 0 Å². The Morgan fingerprint density at radius 3 is 2.23 bits per heavy atom. The van der Waals surface area contributed by atoms with Gasteiger partial charge in [0.1, 0.15) is 0 Å². The molecule has 0 unspecified atom stereocenters. The van der Waals surface area contributed by atoms with E-state index in [1.807, 2.05) is 0 Å². The fraction of sp³-hybridized carbons (Fsp3) is 0.381. The number of hydrogen-bond donors (Lipinski definition) is 1. The largest absolute Gasteiger partial charge is 0.295 e. The Hall–Kier alpha value is -2.23. The summed E-state index contributed by atoms with van der Waals surface area (Å²) in [5.41, 5.74) is 0.995. The van der Waals surface area contributed by atoms with Crippen molar-refractivity contribution >= 4 is 31.5 Å². The van der Waals surface area contributed by atoms with E-state index in [-0.39, 0.29) is 26.8 Å². The van der Waals surface area contributed by atoms with Gasteiger partial charge in [-0.3, -0.25) is 9.52 Å². The van der Waals surface area contributed by atoms with Gasteiger partial charge in [0, 0.05) is 18.7 Å². The molecular weight excluding hydrogens is 424 g/mol. The molecule has 1 saturated heterocycles. The molecular formula is C21H26N2O5S2. The number of anilines is 1. The van der Waals surface area contributed by atoms with Gasteiger partial charge >= 0.3 is 0 Å². The molecule has 7 nitrogen and oxygen atoms in total. The van der Waals surface area contributed by atoms with Crippen molar-refractivity contribution in [1.29, 1.82) is 0 Å². The minimum Gasteiger partial charge on any atom is -0.295 e. The smallest absolute Gasteiger partial charge is 0.261 e. The normalized spacial score (nSPS) is 16.1. The Morgan fingerprint density at radius 2 is 1.60 bits per heavy atom. The maximum Gasteiger partial charge on any atom is 0.261 e. The average Bonchev–Trinajstić information content (AvgIpc) is 2.99. The standard InChI is InChI=1S/C21H26N2O5S2/c1-16-10-11-19(15-21(16)30(27,28)23-12-5-3-4-6-13-23)22-29(25,26)20-9-7-8-18(14-20)17(2)24/h7-11,14-15,22H,3-6,12-13H2,1-2H3. The van der Waals surface area contributed by atoms with Gasteiger partial charge in [-0.1, -0.05) is 31.0 Å². The summed E-state index contributed by atoms with van der Waals surface area (Å²) in [6, 6.07) is 10.2. The second-order valence-corrected chi connectivity index (χ2v) is 11.1. The second-order valence-electron chi connectivity index (χ2n) is 7.49. The highest BCUT2D eigenvalue weighted by molar-refractivity contribution is 7.92. The summed E-state index contributed by atoms with van der Waals surface area (Å²) < 4.78 is 55.9. The number of carbonyl (C=O) groups is 1. The number of benzene rings is 2. The molecule has 0 aliphatic carbocycles. The predicted octanol–water partition coefficient (Wildman–Crippen LogP) is 3.56. The zero-order valence-corrected chi connectivity index (χ0v) is 18.7. The van der Waals surface area contributed by atoms with Crippen molar-refractivity contribution < 1.29 is 21.6 Å². The van der Waals surface area contributed by atoms with E-state index in [2.05, 4.69) is 4.72 Å². The quantitative estimate of drug-likeness (QED) is 0.678. The van der Waals surface area contributed by atoms with Crippen LogP contribution in [0.25, 0.3) is 0 Å². The Kier molecular flexibility index (Phi) is 6.64. The van der Waals surface area contributed by atoms with Crippen molar-refractivity contribution in [2.24, 2.45) is 0 Å². The van der Waals surface area contributed by atoms with E-state index in [9.17, 15) is 21.6 Å². The third-order valence-corrected chi connectivity index (χ3v) is 8.59. The maximum atomic E-state index is 13.2. The monoisotopic (exact) mass is 450 g/mol. The fourth-order valence-electron chi connectivity index (χ4n) is 3.46. The van der Waals surface area contributed by atoms with Crippen LogP contribution in [-0.4, -0.2) is 40.0 Å². The molecule has 2 aromatic rings. The van der Waals surface area contributed by atoms with Crippen LogP contribution in [-0.2, 0) is 20.0 Å². The van der Waals surface area contributed by atoms with E-state index in [0.717, 1.165) is 25.7 Å². The van der Waals surface area contributed by atoms with E-state index < -0.39 is 20.0 Å². The lowest BCUT2D eigenvalue weighted by Crippen LogP contribution is -2.32. The first kappa shape index (κ1) is 22.5. The molecule has 1 aliphatic rings. The number of nitrogens with one attached hydrogen (secondary N) is 1. The van der Waals surface area contributed by atoms with Crippen molar-refractivity contribution in [3.05, 3.63) is 53.6 Å². The molecule has 2 aromatic carbocycles. The number of carbonyl (C=O) groups excluding carboxylic acids is 1. The molecule has 1 N–H and O–H groups in total. The van der Waals surface area contributed by atoms with Gasteiger partial charge in [-0.2, -0.15) is 4.31 Å². The van der Waals surface area contributed by atoms with Crippen LogP contribution in [0.1, 0.15) is 48.5 Å². The van der Waals surface area contributed by atoms with Crippen molar-refractivity contribution in [3.63, 3.8) is 0 Å². The summed E-state index contributed by atoms with van der Waals surface area (Å²) in [5.74, 6) is -0.242. The Morgan fingerprint density at radius 1 is 0.933 bits per heavy atom. The lowest BCUT2D eigenvalue weighted by atomic mass is 10.2. The van der Waals surface area contributed by atoms with Gasteiger partial charge in [-0.25, -0.2) is 16.8 Å². The zero-order valence-electron chi connectivity index (χ0n) is 17.1. The molecule has 1 fully saturated rings. The van der Waals surface area contributed by atoms with Crippen LogP contribution in [0, 0.1) is 6.92 Å². The van der Waals surface area contributed by atoms with Crippen LogP contribution in [0.15, 0.2) is 52.3 Å². The summed E-state index contributed by atoms with van der Waals surface area (Å²) >= 11 is 0. The molecule has 9 heteroatoms. The Bertz CT molecular complexity index is 1150. The highest BCUT2D eigenvalue weighted by atomic mass is 32.2. The minimum atomic E-state index is -3.99. The summed E-state index contributed by atoms with van der Waals surface area (Å²) in [6.45, 7) is 3.99. The van der Waals surface area contributed by atoms with E-state index in [4.69, 9.17) is 0 Å². The molecule has 30 heavy (non-hydrogen) atoms. The number of ketones is 1. The molecule has 1 aliphatic heterocycles. The summed E-state index contributed by atoms with van der Waals surface area (Å²) in [5, 5.41) is 0. The molecule has 1 heterocycles. The molecule has 0 aromatic heterocycles. The average molecular weight is 451 g/mol. The number of aryl methyl sites for hydroxylation is 1. The van der Waals surface area contributed by atoms with Crippen molar-refractivity contribution in [3.8, 4) is 0 Å². The molecule has 0 spiro atoms. The highest BCUT2D eigenvalue weighted by Gasteiger charge is 2.27. The maximum absolute atomic E-state index is 13.2. The Labute approximate surface area is 178 Å². The zero-order chi connectivity index (χ0) is 21.9. The van der Waals surface area contributed by atoms with Gasteiger partial charge in [0.15, 0.2) is 5.78 Å². The third kappa shape index (κ3) is 4.91. The minimum absolute atomic E-state index is 0.0623. The first-order chi connectivity index (χ1) is 14.1. The van der Waals surface area contributed by atoms with E-state index in [0.29, 0.717) is 18.7 Å². The summed E-state index contributed by atoms with van der Waals surface area (Å²) in [4.78, 5) is 11.6. The third-order valence-electron chi connectivity index (χ3n) is 5.17. The van der Waals surface area contributed by atoms with Crippen LogP contribution in [0.5, 0.6) is 0 Å². The number of hydrogen-bond acceptors (Lipinski definition) is 5. The van der Waals surface area contributed by atoms with Crippen LogP contribution in [0.2, 0.25) is 0 Å². The molecule has 3 rings (SSSR count). The predicted molar refractivity (Wildman–Crippen MR) is 116 cm³/mol. The number of sulfonamides is 2. The van der Waals surface area contributed by atoms with Gasteiger partial charge in [0.2, 0.25) is 10.0 Å². The molecule has 0 radical (unpaired) electrons. The van der Waals surface area contributed by atoms with E-state index >= 15 is 0 Å². The molecule has 162 valence electrons. The van der Waals surface area contributed by atoms with Crippen molar-refractivity contribution in [2.45, 2.75) is 49.3 Å². The van der Waals surface area contributed by atoms with Crippen LogP contribution in [0.4, 0.5) is 5.69 Å². The first-order valence-electron chi connectivity index (χ1n) is 9.86. The van der Waals surface area contributed by atoms with Gasteiger partial charge in [0.25, 0.3) is 10.0 Å². The topological polar surface area (TPSA) is 101 Å². The lowest BCUT2D eigenvalue weighted by Gasteiger charge is -2.21. The first-order valence-corrected chi connectivity index (χ1v) is 12.8. The van der Waals surface area contributed by atoms with E-state index in [1.54, 1.807) is 19.1 Å². The lowest BCUT2D eigenvalue weighted by molar-refractivity contribution is 0.101.